The molecular formula is C16H18N4O3. The van der Waals surface area contributed by atoms with Gasteiger partial charge in [-0.1, -0.05) is 6.07 Å². The summed E-state index contributed by atoms with van der Waals surface area (Å²) >= 11 is 0. The highest BCUT2D eigenvalue weighted by Gasteiger charge is 2.19. The number of methoxy groups -OCH3 is 1. The van der Waals surface area contributed by atoms with Gasteiger partial charge in [-0.15, -0.1) is 0 Å². The molecule has 1 fully saturated rings. The Bertz CT molecular complexity index is 672. The summed E-state index contributed by atoms with van der Waals surface area (Å²) in [6.45, 7) is 2.74. The van der Waals surface area contributed by atoms with Crippen LogP contribution in [0, 0.1) is 0 Å². The summed E-state index contributed by atoms with van der Waals surface area (Å²) in [5.74, 6) is 1.01. The number of anilines is 2. The molecule has 3 rings (SSSR count). The normalized spacial score (nSPS) is 14.4. The number of carbonyl (C=O) groups excluding carboxylic acids is 1. The second-order valence-electron chi connectivity index (χ2n) is 5.01. The number of pyridine rings is 2. The van der Waals surface area contributed by atoms with E-state index in [4.69, 9.17) is 9.47 Å². The van der Waals surface area contributed by atoms with Gasteiger partial charge >= 0.3 is 0 Å². The summed E-state index contributed by atoms with van der Waals surface area (Å²) in [5, 5.41) is 2.87. The predicted molar refractivity (Wildman–Crippen MR) is 86.0 cm³/mol. The summed E-state index contributed by atoms with van der Waals surface area (Å²) in [7, 11) is 1.57. The fourth-order valence-corrected chi connectivity index (χ4v) is 2.35. The quantitative estimate of drug-likeness (QED) is 0.923. The summed E-state index contributed by atoms with van der Waals surface area (Å²) in [6, 6.07) is 6.97. The molecular weight excluding hydrogens is 296 g/mol. The minimum atomic E-state index is -0.282. The van der Waals surface area contributed by atoms with Crippen LogP contribution in [0.4, 0.5) is 11.5 Å². The molecule has 0 aliphatic carbocycles. The number of rotatable bonds is 4. The van der Waals surface area contributed by atoms with Crippen LogP contribution in [0.2, 0.25) is 0 Å². The molecule has 1 aliphatic heterocycles. The minimum absolute atomic E-state index is 0.282. The van der Waals surface area contributed by atoms with Crippen molar-refractivity contribution in [3.63, 3.8) is 0 Å². The Morgan fingerprint density at radius 3 is 2.83 bits per heavy atom. The summed E-state index contributed by atoms with van der Waals surface area (Å²) in [5.41, 5.74) is 0.949. The molecule has 0 atom stereocenters. The highest BCUT2D eigenvalue weighted by molar-refractivity contribution is 6.04. The fraction of sp³-hybridized carbons (Fsp3) is 0.312. The van der Waals surface area contributed by atoms with Gasteiger partial charge in [-0.05, 0) is 12.1 Å². The van der Waals surface area contributed by atoms with E-state index in [1.165, 1.54) is 0 Å². The second-order valence-corrected chi connectivity index (χ2v) is 5.01. The van der Waals surface area contributed by atoms with Crippen LogP contribution in [0.1, 0.15) is 10.5 Å². The molecule has 1 aliphatic rings. The Labute approximate surface area is 134 Å². The summed E-state index contributed by atoms with van der Waals surface area (Å²) < 4.78 is 10.6. The molecule has 0 radical (unpaired) electrons. The molecule has 1 saturated heterocycles. The Kier molecular flexibility index (Phi) is 4.68. The number of morpholine rings is 1. The van der Waals surface area contributed by atoms with Gasteiger partial charge in [-0.3, -0.25) is 9.78 Å². The highest BCUT2D eigenvalue weighted by atomic mass is 16.5. The lowest BCUT2D eigenvalue weighted by Crippen LogP contribution is -2.37. The van der Waals surface area contributed by atoms with E-state index in [9.17, 15) is 4.79 Å². The second kappa shape index (κ2) is 7.06. The van der Waals surface area contributed by atoms with Crippen LogP contribution < -0.4 is 15.0 Å². The number of aromatic nitrogens is 2. The Balaban J connectivity index is 1.87. The first-order valence-electron chi connectivity index (χ1n) is 7.37. The van der Waals surface area contributed by atoms with Crippen molar-refractivity contribution in [2.75, 3.05) is 43.6 Å². The predicted octanol–water partition coefficient (Wildman–Crippen LogP) is 1.57. The molecule has 0 spiro atoms. The van der Waals surface area contributed by atoms with E-state index in [0.29, 0.717) is 36.2 Å². The van der Waals surface area contributed by atoms with Crippen LogP contribution in [-0.4, -0.2) is 49.3 Å². The molecule has 1 amide bonds. The van der Waals surface area contributed by atoms with Crippen molar-refractivity contribution in [3.8, 4) is 5.75 Å². The maximum atomic E-state index is 12.4. The van der Waals surface area contributed by atoms with Crippen molar-refractivity contribution in [1.29, 1.82) is 0 Å². The molecule has 0 aromatic carbocycles. The molecule has 0 unspecified atom stereocenters. The molecule has 120 valence electrons. The summed E-state index contributed by atoms with van der Waals surface area (Å²) in [6.07, 6.45) is 3.23. The molecule has 7 heteroatoms. The molecule has 7 nitrogen and oxygen atoms in total. The van der Waals surface area contributed by atoms with E-state index >= 15 is 0 Å². The van der Waals surface area contributed by atoms with E-state index in [1.807, 2.05) is 0 Å². The van der Waals surface area contributed by atoms with Gasteiger partial charge in [0.15, 0.2) is 5.82 Å². The topological polar surface area (TPSA) is 76.6 Å². The lowest BCUT2D eigenvalue weighted by atomic mass is 10.3. The molecule has 2 aromatic heterocycles. The van der Waals surface area contributed by atoms with E-state index < -0.39 is 0 Å². The van der Waals surface area contributed by atoms with E-state index in [1.54, 1.807) is 43.8 Å². The molecule has 3 heterocycles. The maximum absolute atomic E-state index is 12.4. The number of hydrogen-bond acceptors (Lipinski definition) is 6. The van der Waals surface area contributed by atoms with Crippen molar-refractivity contribution < 1.29 is 14.3 Å². The van der Waals surface area contributed by atoms with Crippen molar-refractivity contribution in [3.05, 3.63) is 42.4 Å². The van der Waals surface area contributed by atoms with Gasteiger partial charge < -0.3 is 19.7 Å². The Morgan fingerprint density at radius 1 is 1.30 bits per heavy atom. The Morgan fingerprint density at radius 2 is 2.13 bits per heavy atom. The zero-order valence-corrected chi connectivity index (χ0v) is 12.9. The van der Waals surface area contributed by atoms with E-state index in [2.05, 4.69) is 20.2 Å². The number of nitrogens with zero attached hydrogens (tertiary/aromatic N) is 3. The number of hydrogen-bond donors (Lipinski definition) is 1. The smallest absolute Gasteiger partial charge is 0.274 e. The summed E-state index contributed by atoms with van der Waals surface area (Å²) in [4.78, 5) is 22.9. The third kappa shape index (κ3) is 3.57. The highest BCUT2D eigenvalue weighted by Crippen LogP contribution is 2.28. The zero-order chi connectivity index (χ0) is 16.1. The Hall–Kier alpha value is -2.67. The van der Waals surface area contributed by atoms with Gasteiger partial charge in [0, 0.05) is 25.4 Å². The van der Waals surface area contributed by atoms with Crippen LogP contribution in [0.3, 0.4) is 0 Å². The monoisotopic (exact) mass is 314 g/mol. The van der Waals surface area contributed by atoms with Gasteiger partial charge in [0.05, 0.1) is 32.2 Å². The van der Waals surface area contributed by atoms with Gasteiger partial charge in [0.25, 0.3) is 5.91 Å². The minimum Gasteiger partial charge on any atom is -0.495 e. The number of nitrogens with one attached hydrogen (secondary N) is 1. The first-order chi connectivity index (χ1) is 11.3. The van der Waals surface area contributed by atoms with Crippen LogP contribution in [0.25, 0.3) is 0 Å². The van der Waals surface area contributed by atoms with Crippen molar-refractivity contribution >= 4 is 17.4 Å². The average Bonchev–Trinajstić information content (AvgIpc) is 2.63. The first kappa shape index (κ1) is 15.2. The number of amides is 1. The molecule has 0 bridgehead atoms. The third-order valence-electron chi connectivity index (χ3n) is 3.53. The van der Waals surface area contributed by atoms with Crippen LogP contribution in [-0.2, 0) is 4.74 Å². The average molecular weight is 314 g/mol. The van der Waals surface area contributed by atoms with Crippen molar-refractivity contribution in [2.24, 2.45) is 0 Å². The van der Waals surface area contributed by atoms with Crippen LogP contribution in [0.5, 0.6) is 5.75 Å². The van der Waals surface area contributed by atoms with Gasteiger partial charge in [0.1, 0.15) is 11.4 Å². The number of ether oxygens (including phenoxy) is 2. The molecule has 23 heavy (non-hydrogen) atoms. The first-order valence-corrected chi connectivity index (χ1v) is 7.37. The largest absolute Gasteiger partial charge is 0.495 e. The molecule has 0 saturated carbocycles. The molecule has 2 aromatic rings. The zero-order valence-electron chi connectivity index (χ0n) is 12.9. The van der Waals surface area contributed by atoms with Crippen molar-refractivity contribution in [2.45, 2.75) is 0 Å². The van der Waals surface area contributed by atoms with Crippen molar-refractivity contribution in [1.82, 2.24) is 9.97 Å². The van der Waals surface area contributed by atoms with Gasteiger partial charge in [0.2, 0.25) is 0 Å². The standard InChI is InChI=1S/C16H18N4O3/c1-22-12-10-14(19-16(21)13-4-2-3-5-17-13)15(18-11-12)20-6-8-23-9-7-20/h2-5,10-11H,6-9H2,1H3,(H,19,21). The van der Waals surface area contributed by atoms with E-state index in [0.717, 1.165) is 13.1 Å². The van der Waals surface area contributed by atoms with Crippen LogP contribution >= 0.6 is 0 Å². The lowest BCUT2D eigenvalue weighted by Gasteiger charge is -2.29. The maximum Gasteiger partial charge on any atom is 0.274 e. The lowest BCUT2D eigenvalue weighted by molar-refractivity contribution is 0.102. The number of carbonyl (C=O) groups is 1. The van der Waals surface area contributed by atoms with Gasteiger partial charge in [-0.25, -0.2) is 4.98 Å². The van der Waals surface area contributed by atoms with E-state index in [-0.39, 0.29) is 5.91 Å². The molecule has 1 N–H and O–H groups in total. The fourth-order valence-electron chi connectivity index (χ4n) is 2.35. The van der Waals surface area contributed by atoms with Gasteiger partial charge in [-0.2, -0.15) is 0 Å². The third-order valence-corrected chi connectivity index (χ3v) is 3.53. The van der Waals surface area contributed by atoms with Crippen LogP contribution in [0.15, 0.2) is 36.7 Å². The SMILES string of the molecule is COc1cnc(N2CCOCC2)c(NC(=O)c2ccccn2)c1.